The predicted molar refractivity (Wildman–Crippen MR) is 79.0 cm³/mol. The van der Waals surface area contributed by atoms with Crippen LogP contribution in [0.1, 0.15) is 27.9 Å². The summed E-state index contributed by atoms with van der Waals surface area (Å²) in [5.41, 5.74) is 0.0234. The van der Waals surface area contributed by atoms with E-state index in [0.717, 1.165) is 0 Å². The molecule has 2 rings (SSSR count). The van der Waals surface area contributed by atoms with Crippen LogP contribution >= 0.6 is 0 Å². The van der Waals surface area contributed by atoms with Gasteiger partial charge in [0, 0.05) is 12.2 Å². The van der Waals surface area contributed by atoms with E-state index in [1.54, 1.807) is 31.2 Å². The normalized spacial score (nSPS) is 10.3. The van der Waals surface area contributed by atoms with E-state index < -0.39 is 17.4 Å². The van der Waals surface area contributed by atoms with Crippen LogP contribution in [-0.4, -0.2) is 40.6 Å². The van der Waals surface area contributed by atoms with Gasteiger partial charge in [0.15, 0.2) is 23.5 Å². The van der Waals surface area contributed by atoms with Crippen molar-refractivity contribution in [3.63, 3.8) is 0 Å². The van der Waals surface area contributed by atoms with Crippen LogP contribution in [-0.2, 0) is 0 Å². The zero-order chi connectivity index (χ0) is 16.3. The van der Waals surface area contributed by atoms with Gasteiger partial charge in [-0.1, -0.05) is 0 Å². The van der Waals surface area contributed by atoms with Gasteiger partial charge < -0.3 is 20.3 Å². The van der Waals surface area contributed by atoms with Crippen molar-refractivity contribution in [1.82, 2.24) is 9.88 Å². The zero-order valence-electron chi connectivity index (χ0n) is 12.2. The molecule has 0 saturated carbocycles. The molecule has 0 aliphatic carbocycles. The SMILES string of the molecule is CCNC(=O)c1c(O)c(O)c(C=O)n1-c1ccc(OC)cc1. The number of hydrogen-bond acceptors (Lipinski definition) is 5. The van der Waals surface area contributed by atoms with Crippen LogP contribution < -0.4 is 10.1 Å². The topological polar surface area (TPSA) is 101 Å². The quantitative estimate of drug-likeness (QED) is 0.726. The molecule has 1 aromatic carbocycles. The predicted octanol–water partition coefficient (Wildman–Crippen LogP) is 1.46. The number of benzene rings is 1. The van der Waals surface area contributed by atoms with Crippen molar-refractivity contribution in [2.24, 2.45) is 0 Å². The summed E-state index contributed by atoms with van der Waals surface area (Å²) in [5.74, 6) is -1.27. The molecule has 0 fully saturated rings. The summed E-state index contributed by atoms with van der Waals surface area (Å²) in [7, 11) is 1.51. The molecule has 22 heavy (non-hydrogen) atoms. The lowest BCUT2D eigenvalue weighted by Gasteiger charge is -2.11. The highest BCUT2D eigenvalue weighted by atomic mass is 16.5. The average Bonchev–Trinajstić information content (AvgIpc) is 2.79. The Hall–Kier alpha value is -2.96. The van der Waals surface area contributed by atoms with Crippen LogP contribution in [0.2, 0.25) is 0 Å². The molecule has 0 saturated heterocycles. The number of carbonyl (C=O) groups is 2. The van der Waals surface area contributed by atoms with Gasteiger partial charge >= 0.3 is 0 Å². The molecule has 1 heterocycles. The molecular formula is C15H16N2O5. The van der Waals surface area contributed by atoms with Gasteiger partial charge in [-0.15, -0.1) is 0 Å². The number of carbonyl (C=O) groups excluding carboxylic acids is 2. The van der Waals surface area contributed by atoms with Gasteiger partial charge in [0.05, 0.1) is 7.11 Å². The molecule has 0 atom stereocenters. The summed E-state index contributed by atoms with van der Waals surface area (Å²) in [5, 5.41) is 22.4. The fourth-order valence-corrected chi connectivity index (χ4v) is 2.13. The number of aromatic nitrogens is 1. The Morgan fingerprint density at radius 3 is 2.41 bits per heavy atom. The van der Waals surface area contributed by atoms with Gasteiger partial charge in [0.2, 0.25) is 0 Å². The van der Waals surface area contributed by atoms with Gasteiger partial charge in [0.25, 0.3) is 5.91 Å². The van der Waals surface area contributed by atoms with Crippen molar-refractivity contribution in [3.8, 4) is 22.9 Å². The summed E-state index contributed by atoms with van der Waals surface area (Å²) in [6.45, 7) is 2.05. The summed E-state index contributed by atoms with van der Waals surface area (Å²) in [6.07, 6.45) is 0.377. The third-order valence-corrected chi connectivity index (χ3v) is 3.15. The maximum Gasteiger partial charge on any atom is 0.272 e. The molecule has 3 N–H and O–H groups in total. The molecule has 1 amide bonds. The van der Waals surface area contributed by atoms with E-state index in [4.69, 9.17) is 4.74 Å². The number of aromatic hydroxyl groups is 2. The van der Waals surface area contributed by atoms with E-state index in [2.05, 4.69) is 5.32 Å². The average molecular weight is 304 g/mol. The van der Waals surface area contributed by atoms with Crippen molar-refractivity contribution in [3.05, 3.63) is 35.7 Å². The Bertz CT molecular complexity index is 704. The van der Waals surface area contributed by atoms with Crippen LogP contribution in [0.15, 0.2) is 24.3 Å². The fraction of sp³-hybridized carbons (Fsp3) is 0.200. The van der Waals surface area contributed by atoms with E-state index in [-0.39, 0.29) is 11.4 Å². The summed E-state index contributed by atoms with van der Waals surface area (Å²) in [4.78, 5) is 23.4. The third kappa shape index (κ3) is 2.48. The number of aldehydes is 1. The van der Waals surface area contributed by atoms with E-state index in [1.165, 1.54) is 11.7 Å². The molecular weight excluding hydrogens is 288 g/mol. The Morgan fingerprint density at radius 2 is 1.91 bits per heavy atom. The lowest BCUT2D eigenvalue weighted by molar-refractivity contribution is 0.0946. The number of methoxy groups -OCH3 is 1. The van der Waals surface area contributed by atoms with Gasteiger partial charge in [-0.3, -0.25) is 14.2 Å². The van der Waals surface area contributed by atoms with Gasteiger partial charge in [-0.25, -0.2) is 0 Å². The first kappa shape index (κ1) is 15.4. The van der Waals surface area contributed by atoms with Crippen LogP contribution in [0.4, 0.5) is 0 Å². The van der Waals surface area contributed by atoms with E-state index in [1.807, 2.05) is 0 Å². The monoisotopic (exact) mass is 304 g/mol. The summed E-state index contributed by atoms with van der Waals surface area (Å²) in [6, 6.07) is 6.49. The van der Waals surface area contributed by atoms with Gasteiger partial charge in [-0.2, -0.15) is 0 Å². The van der Waals surface area contributed by atoms with Gasteiger partial charge in [-0.05, 0) is 31.2 Å². The molecule has 0 radical (unpaired) electrons. The Kier molecular flexibility index (Phi) is 4.36. The third-order valence-electron chi connectivity index (χ3n) is 3.15. The van der Waals surface area contributed by atoms with Crippen LogP contribution in [0, 0.1) is 0 Å². The number of nitrogens with zero attached hydrogens (tertiary/aromatic N) is 1. The minimum absolute atomic E-state index is 0.202. The highest BCUT2D eigenvalue weighted by molar-refractivity contribution is 6.00. The maximum absolute atomic E-state index is 12.1. The van der Waals surface area contributed by atoms with Crippen molar-refractivity contribution in [2.75, 3.05) is 13.7 Å². The molecule has 116 valence electrons. The molecule has 0 spiro atoms. The molecule has 0 unspecified atom stereocenters. The van der Waals surface area contributed by atoms with E-state index >= 15 is 0 Å². The van der Waals surface area contributed by atoms with Crippen LogP contribution in [0.25, 0.3) is 5.69 Å². The lowest BCUT2D eigenvalue weighted by Crippen LogP contribution is -2.25. The second-order valence-corrected chi connectivity index (χ2v) is 4.44. The summed E-state index contributed by atoms with van der Waals surface area (Å²) >= 11 is 0. The van der Waals surface area contributed by atoms with Crippen molar-refractivity contribution >= 4 is 12.2 Å². The molecule has 1 aromatic heterocycles. The van der Waals surface area contributed by atoms with Crippen molar-refractivity contribution < 1.29 is 24.5 Å². The van der Waals surface area contributed by atoms with Crippen molar-refractivity contribution in [1.29, 1.82) is 0 Å². The second-order valence-electron chi connectivity index (χ2n) is 4.44. The molecule has 2 aromatic rings. The standard InChI is InChI=1S/C15H16N2O5/c1-3-16-15(21)12-14(20)13(19)11(8-18)17(12)9-4-6-10(22-2)7-5-9/h4-8,19-20H,3H2,1-2H3,(H,16,21). The van der Waals surface area contributed by atoms with E-state index in [0.29, 0.717) is 24.3 Å². The Labute approximate surface area is 126 Å². The number of amides is 1. The lowest BCUT2D eigenvalue weighted by atomic mass is 10.2. The fourth-order valence-electron chi connectivity index (χ4n) is 2.13. The molecule has 0 aliphatic rings. The Morgan fingerprint density at radius 1 is 1.27 bits per heavy atom. The largest absolute Gasteiger partial charge is 0.503 e. The number of rotatable bonds is 5. The molecule has 0 aliphatic heterocycles. The minimum Gasteiger partial charge on any atom is -0.503 e. The minimum atomic E-state index is -0.635. The molecule has 0 bridgehead atoms. The zero-order valence-corrected chi connectivity index (χ0v) is 12.2. The van der Waals surface area contributed by atoms with Crippen molar-refractivity contribution in [2.45, 2.75) is 6.92 Å². The number of hydrogen-bond donors (Lipinski definition) is 3. The number of nitrogens with one attached hydrogen (secondary N) is 1. The van der Waals surface area contributed by atoms with E-state index in [9.17, 15) is 19.8 Å². The molecule has 7 nitrogen and oxygen atoms in total. The Balaban J connectivity index is 2.68. The first-order valence-corrected chi connectivity index (χ1v) is 6.59. The van der Waals surface area contributed by atoms with Crippen LogP contribution in [0.3, 0.4) is 0 Å². The van der Waals surface area contributed by atoms with Gasteiger partial charge in [0.1, 0.15) is 11.4 Å². The second kappa shape index (κ2) is 6.21. The molecule has 7 heteroatoms. The van der Waals surface area contributed by atoms with Crippen LogP contribution in [0.5, 0.6) is 17.2 Å². The first-order valence-electron chi connectivity index (χ1n) is 6.59. The smallest absolute Gasteiger partial charge is 0.272 e. The maximum atomic E-state index is 12.1. The number of ether oxygens (including phenoxy) is 1. The first-order chi connectivity index (χ1) is 10.5. The highest BCUT2D eigenvalue weighted by Gasteiger charge is 2.27. The highest BCUT2D eigenvalue weighted by Crippen LogP contribution is 2.37. The summed E-state index contributed by atoms with van der Waals surface area (Å²) < 4.78 is 6.25.